The third-order valence-corrected chi connectivity index (χ3v) is 3.23. The molecule has 0 bridgehead atoms. The smallest absolute Gasteiger partial charge is 0.340 e. The van der Waals surface area contributed by atoms with Crippen molar-refractivity contribution in [3.8, 4) is 5.69 Å². The van der Waals surface area contributed by atoms with E-state index in [0.29, 0.717) is 11.3 Å². The first kappa shape index (κ1) is 12.4. The number of para-hydroxylation sites is 2. The summed E-state index contributed by atoms with van der Waals surface area (Å²) in [5.41, 5.74) is 1.59. The highest BCUT2D eigenvalue weighted by molar-refractivity contribution is 6.04. The van der Waals surface area contributed by atoms with Crippen molar-refractivity contribution in [1.29, 1.82) is 0 Å². The van der Waals surface area contributed by atoms with Crippen LogP contribution in [0.4, 0.5) is 4.39 Å². The molecule has 0 fully saturated rings. The van der Waals surface area contributed by atoms with Crippen molar-refractivity contribution in [2.24, 2.45) is 0 Å². The number of aromatic nitrogens is 1. The lowest BCUT2D eigenvalue weighted by atomic mass is 10.2. The summed E-state index contributed by atoms with van der Waals surface area (Å²) < 4.78 is 20.4. The Morgan fingerprint density at radius 1 is 1.10 bits per heavy atom. The highest BCUT2D eigenvalue weighted by atomic mass is 19.1. The number of halogens is 1. The van der Waals surface area contributed by atoms with E-state index in [9.17, 15) is 9.18 Å². The molecule has 0 atom stereocenters. The summed E-state index contributed by atoms with van der Waals surface area (Å²) in [4.78, 5) is 11.8. The molecule has 1 heterocycles. The van der Waals surface area contributed by atoms with Gasteiger partial charge in [-0.15, -0.1) is 0 Å². The van der Waals surface area contributed by atoms with Crippen LogP contribution in [0.2, 0.25) is 0 Å². The van der Waals surface area contributed by atoms with Crippen molar-refractivity contribution < 1.29 is 13.9 Å². The van der Waals surface area contributed by atoms with Gasteiger partial charge in [0.25, 0.3) is 0 Å². The van der Waals surface area contributed by atoms with Crippen LogP contribution in [0.25, 0.3) is 16.6 Å². The molecule has 3 aromatic rings. The van der Waals surface area contributed by atoms with E-state index in [1.807, 2.05) is 24.3 Å². The number of hydrogen-bond donors (Lipinski definition) is 0. The fourth-order valence-corrected chi connectivity index (χ4v) is 2.30. The minimum atomic E-state index is -0.434. The zero-order valence-electron chi connectivity index (χ0n) is 10.8. The van der Waals surface area contributed by atoms with Gasteiger partial charge in [-0.2, -0.15) is 0 Å². The maximum absolute atomic E-state index is 14.0. The standard InChI is InChI=1S/C16H12FNO2/c1-20-16(19)12-10-18(14-8-4-2-6-11(12)14)15-9-5-3-7-13(15)17/h2-10H,1H3. The second-order valence-electron chi connectivity index (χ2n) is 4.37. The molecular weight excluding hydrogens is 257 g/mol. The van der Waals surface area contributed by atoms with E-state index < -0.39 is 5.97 Å². The highest BCUT2D eigenvalue weighted by Gasteiger charge is 2.17. The summed E-state index contributed by atoms with van der Waals surface area (Å²) in [5.74, 6) is -0.777. The molecule has 20 heavy (non-hydrogen) atoms. The van der Waals surface area contributed by atoms with E-state index >= 15 is 0 Å². The van der Waals surface area contributed by atoms with Gasteiger partial charge in [-0.3, -0.25) is 0 Å². The molecule has 0 aliphatic heterocycles. The van der Waals surface area contributed by atoms with Crippen LogP contribution >= 0.6 is 0 Å². The number of rotatable bonds is 2. The fourth-order valence-electron chi connectivity index (χ4n) is 2.30. The van der Waals surface area contributed by atoms with Crippen molar-refractivity contribution in [1.82, 2.24) is 4.57 Å². The summed E-state index contributed by atoms with van der Waals surface area (Å²) in [6.07, 6.45) is 1.61. The predicted molar refractivity (Wildman–Crippen MR) is 74.6 cm³/mol. The Balaban J connectivity index is 2.32. The van der Waals surface area contributed by atoms with Crippen molar-refractivity contribution in [3.63, 3.8) is 0 Å². The van der Waals surface area contributed by atoms with Gasteiger partial charge in [-0.1, -0.05) is 30.3 Å². The summed E-state index contributed by atoms with van der Waals surface area (Å²) in [6, 6.07) is 13.8. The normalized spacial score (nSPS) is 10.7. The average Bonchev–Trinajstić information content (AvgIpc) is 2.86. The number of fused-ring (bicyclic) bond motifs is 1. The zero-order valence-corrected chi connectivity index (χ0v) is 10.8. The van der Waals surface area contributed by atoms with Crippen LogP contribution in [-0.4, -0.2) is 17.6 Å². The lowest BCUT2D eigenvalue weighted by molar-refractivity contribution is 0.0603. The van der Waals surface area contributed by atoms with Crippen molar-refractivity contribution in [3.05, 3.63) is 66.1 Å². The first-order valence-corrected chi connectivity index (χ1v) is 6.15. The summed E-state index contributed by atoms with van der Waals surface area (Å²) in [6.45, 7) is 0. The van der Waals surface area contributed by atoms with Crippen LogP contribution in [0.15, 0.2) is 54.7 Å². The van der Waals surface area contributed by atoms with Gasteiger partial charge in [0.2, 0.25) is 0 Å². The molecule has 4 heteroatoms. The number of hydrogen-bond acceptors (Lipinski definition) is 2. The maximum Gasteiger partial charge on any atom is 0.340 e. The molecule has 0 saturated heterocycles. The molecule has 0 radical (unpaired) electrons. The quantitative estimate of drug-likeness (QED) is 0.666. The number of ether oxygens (including phenoxy) is 1. The third kappa shape index (κ3) is 1.86. The topological polar surface area (TPSA) is 31.2 Å². The van der Waals surface area contributed by atoms with Crippen molar-refractivity contribution in [2.45, 2.75) is 0 Å². The van der Waals surface area contributed by atoms with E-state index in [1.165, 1.54) is 13.2 Å². The third-order valence-electron chi connectivity index (χ3n) is 3.23. The van der Waals surface area contributed by atoms with Gasteiger partial charge >= 0.3 is 5.97 Å². The van der Waals surface area contributed by atoms with E-state index in [0.717, 1.165) is 10.9 Å². The van der Waals surface area contributed by atoms with Gasteiger partial charge in [0.1, 0.15) is 5.82 Å². The van der Waals surface area contributed by atoms with Gasteiger partial charge in [-0.25, -0.2) is 9.18 Å². The number of esters is 1. The van der Waals surface area contributed by atoms with Crippen LogP contribution in [0, 0.1) is 5.82 Å². The van der Waals surface area contributed by atoms with Gasteiger partial charge in [0.05, 0.1) is 23.9 Å². The van der Waals surface area contributed by atoms with Crippen LogP contribution in [0.1, 0.15) is 10.4 Å². The number of carbonyl (C=O) groups is 1. The monoisotopic (exact) mass is 269 g/mol. The van der Waals surface area contributed by atoms with E-state index in [1.54, 1.807) is 29.0 Å². The van der Waals surface area contributed by atoms with Crippen LogP contribution in [-0.2, 0) is 4.74 Å². The molecule has 0 unspecified atom stereocenters. The SMILES string of the molecule is COC(=O)c1cn(-c2ccccc2F)c2ccccc12. The summed E-state index contributed by atoms with van der Waals surface area (Å²) in [5, 5.41) is 0.739. The van der Waals surface area contributed by atoms with E-state index in [-0.39, 0.29) is 5.82 Å². The molecule has 2 aromatic carbocycles. The fraction of sp³-hybridized carbons (Fsp3) is 0.0625. The number of benzene rings is 2. The second kappa shape index (κ2) is 4.81. The molecule has 0 aliphatic carbocycles. The van der Waals surface area contributed by atoms with Gasteiger partial charge < -0.3 is 9.30 Å². The minimum absolute atomic E-state index is 0.343. The Hall–Kier alpha value is -2.62. The molecule has 100 valence electrons. The summed E-state index contributed by atoms with van der Waals surface area (Å²) >= 11 is 0. The van der Waals surface area contributed by atoms with Crippen molar-refractivity contribution in [2.75, 3.05) is 7.11 Å². The number of nitrogens with zero attached hydrogens (tertiary/aromatic N) is 1. The Morgan fingerprint density at radius 3 is 2.55 bits per heavy atom. The Bertz CT molecular complexity index is 792. The Labute approximate surface area is 115 Å². The lowest BCUT2D eigenvalue weighted by Crippen LogP contribution is -2.00. The van der Waals surface area contributed by atoms with Crippen LogP contribution in [0.5, 0.6) is 0 Å². The maximum atomic E-state index is 14.0. The number of carbonyl (C=O) groups excluding carboxylic acids is 1. The molecule has 3 nitrogen and oxygen atoms in total. The first-order chi connectivity index (χ1) is 9.72. The number of methoxy groups -OCH3 is 1. The van der Waals surface area contributed by atoms with Gasteiger partial charge in [0, 0.05) is 11.6 Å². The largest absolute Gasteiger partial charge is 0.465 e. The molecule has 1 aromatic heterocycles. The Morgan fingerprint density at radius 2 is 1.80 bits per heavy atom. The van der Waals surface area contributed by atoms with Crippen LogP contribution < -0.4 is 0 Å². The van der Waals surface area contributed by atoms with Gasteiger partial charge in [-0.05, 0) is 18.2 Å². The summed E-state index contributed by atoms with van der Waals surface area (Å²) in [7, 11) is 1.33. The predicted octanol–water partition coefficient (Wildman–Crippen LogP) is 3.56. The molecule has 0 saturated carbocycles. The zero-order chi connectivity index (χ0) is 14.1. The second-order valence-corrected chi connectivity index (χ2v) is 4.37. The molecule has 0 spiro atoms. The highest BCUT2D eigenvalue weighted by Crippen LogP contribution is 2.26. The Kier molecular flexibility index (Phi) is 2.99. The lowest BCUT2D eigenvalue weighted by Gasteiger charge is -2.05. The molecule has 0 aliphatic rings. The average molecular weight is 269 g/mol. The molecule has 0 amide bonds. The van der Waals surface area contributed by atoms with E-state index in [2.05, 4.69) is 0 Å². The van der Waals surface area contributed by atoms with Crippen LogP contribution in [0.3, 0.4) is 0 Å². The van der Waals surface area contributed by atoms with Gasteiger partial charge in [0.15, 0.2) is 0 Å². The first-order valence-electron chi connectivity index (χ1n) is 6.15. The molecular formula is C16H12FNO2. The molecule has 3 rings (SSSR count). The molecule has 0 N–H and O–H groups in total. The van der Waals surface area contributed by atoms with E-state index in [4.69, 9.17) is 4.74 Å². The minimum Gasteiger partial charge on any atom is -0.465 e. The van der Waals surface area contributed by atoms with Crippen molar-refractivity contribution >= 4 is 16.9 Å².